The highest BCUT2D eigenvalue weighted by molar-refractivity contribution is 5.79. The molecule has 7 nitrogen and oxygen atoms in total. The maximum absolute atomic E-state index is 5.55. The first-order valence-corrected chi connectivity index (χ1v) is 9.16. The Kier molecular flexibility index (Phi) is 11.8. The van der Waals surface area contributed by atoms with Crippen LogP contribution >= 0.6 is 0 Å². The molecule has 2 N–H and O–H groups in total. The van der Waals surface area contributed by atoms with Crippen molar-refractivity contribution in [2.45, 2.75) is 25.8 Å². The van der Waals surface area contributed by atoms with Crippen LogP contribution in [0.4, 0.5) is 0 Å². The minimum absolute atomic E-state index is 0.513. The molecular weight excluding hydrogens is 306 g/mol. The van der Waals surface area contributed by atoms with Crippen molar-refractivity contribution in [3.63, 3.8) is 0 Å². The van der Waals surface area contributed by atoms with Crippen LogP contribution in [0.5, 0.6) is 0 Å². The molecule has 1 fully saturated rings. The van der Waals surface area contributed by atoms with Crippen molar-refractivity contribution in [2.75, 3.05) is 80.3 Å². The Morgan fingerprint density at radius 1 is 1.08 bits per heavy atom. The molecule has 1 unspecified atom stereocenters. The van der Waals surface area contributed by atoms with Crippen LogP contribution in [0.3, 0.4) is 0 Å². The molecule has 142 valence electrons. The van der Waals surface area contributed by atoms with Crippen LogP contribution in [0, 0.1) is 0 Å². The molecule has 1 aliphatic rings. The smallest absolute Gasteiger partial charge is 0.191 e. The molecule has 1 atom stereocenters. The molecule has 0 bridgehead atoms. The van der Waals surface area contributed by atoms with Gasteiger partial charge in [-0.15, -0.1) is 0 Å². The Morgan fingerprint density at radius 2 is 1.83 bits per heavy atom. The van der Waals surface area contributed by atoms with Gasteiger partial charge in [0.25, 0.3) is 0 Å². The molecule has 1 saturated heterocycles. The first-order valence-electron chi connectivity index (χ1n) is 9.16. The van der Waals surface area contributed by atoms with Crippen molar-refractivity contribution in [1.82, 2.24) is 20.4 Å². The van der Waals surface area contributed by atoms with Gasteiger partial charge in [0, 0.05) is 52.4 Å². The fourth-order valence-corrected chi connectivity index (χ4v) is 2.57. The maximum Gasteiger partial charge on any atom is 0.191 e. The normalized spacial score (nSPS) is 20.3. The second kappa shape index (κ2) is 13.4. The molecule has 1 aliphatic heterocycles. The standard InChI is InChI=1S/C17H37N5O2/c1-5-6-10-23-12-13-24-11-7-19-17(18-2)20-14-16-15-21(3)8-9-22(16)4/h16H,5-15H2,1-4H3,(H2,18,19,20). The molecule has 0 aliphatic carbocycles. The lowest BCUT2D eigenvalue weighted by Gasteiger charge is -2.37. The van der Waals surface area contributed by atoms with Crippen LogP contribution in [-0.2, 0) is 9.47 Å². The van der Waals surface area contributed by atoms with E-state index in [1.807, 2.05) is 0 Å². The van der Waals surface area contributed by atoms with E-state index in [1.165, 1.54) is 6.42 Å². The van der Waals surface area contributed by atoms with Gasteiger partial charge in [-0.2, -0.15) is 0 Å². The fourth-order valence-electron chi connectivity index (χ4n) is 2.57. The molecular formula is C17H37N5O2. The second-order valence-corrected chi connectivity index (χ2v) is 6.35. The predicted octanol–water partition coefficient (Wildman–Crippen LogP) is 0.231. The third-order valence-corrected chi connectivity index (χ3v) is 4.26. The predicted molar refractivity (Wildman–Crippen MR) is 99.8 cm³/mol. The van der Waals surface area contributed by atoms with Gasteiger partial charge < -0.3 is 25.0 Å². The summed E-state index contributed by atoms with van der Waals surface area (Å²) in [6, 6.07) is 0.513. The van der Waals surface area contributed by atoms with E-state index in [2.05, 4.69) is 46.4 Å². The number of rotatable bonds is 11. The summed E-state index contributed by atoms with van der Waals surface area (Å²) in [6.07, 6.45) is 2.29. The summed E-state index contributed by atoms with van der Waals surface area (Å²) in [5.41, 5.74) is 0. The van der Waals surface area contributed by atoms with Gasteiger partial charge in [0.1, 0.15) is 0 Å². The molecule has 24 heavy (non-hydrogen) atoms. The Hall–Kier alpha value is -0.890. The Labute approximate surface area is 147 Å². The van der Waals surface area contributed by atoms with Crippen LogP contribution < -0.4 is 10.6 Å². The maximum atomic E-state index is 5.55. The van der Waals surface area contributed by atoms with E-state index in [1.54, 1.807) is 7.05 Å². The molecule has 0 amide bonds. The molecule has 0 aromatic heterocycles. The molecule has 1 heterocycles. The van der Waals surface area contributed by atoms with Crippen molar-refractivity contribution in [3.05, 3.63) is 0 Å². The first kappa shape index (κ1) is 21.2. The van der Waals surface area contributed by atoms with E-state index in [4.69, 9.17) is 9.47 Å². The topological polar surface area (TPSA) is 61.4 Å². The zero-order valence-corrected chi connectivity index (χ0v) is 16.0. The Balaban J connectivity index is 2.04. The molecule has 0 aromatic rings. The number of guanidine groups is 1. The number of ether oxygens (including phenoxy) is 2. The third-order valence-electron chi connectivity index (χ3n) is 4.26. The Morgan fingerprint density at radius 3 is 2.54 bits per heavy atom. The Bertz CT molecular complexity index is 341. The van der Waals surface area contributed by atoms with Gasteiger partial charge in [-0.3, -0.25) is 9.89 Å². The zero-order chi connectivity index (χ0) is 17.6. The van der Waals surface area contributed by atoms with Gasteiger partial charge in [-0.25, -0.2) is 0 Å². The van der Waals surface area contributed by atoms with Crippen molar-refractivity contribution in [3.8, 4) is 0 Å². The number of hydrogen-bond acceptors (Lipinski definition) is 5. The molecule has 0 radical (unpaired) electrons. The van der Waals surface area contributed by atoms with Crippen LogP contribution in [-0.4, -0.2) is 102 Å². The summed E-state index contributed by atoms with van der Waals surface area (Å²) in [5, 5.41) is 6.69. The summed E-state index contributed by atoms with van der Waals surface area (Å²) in [4.78, 5) is 9.04. The molecule has 1 rings (SSSR count). The monoisotopic (exact) mass is 343 g/mol. The van der Waals surface area contributed by atoms with Crippen LogP contribution in [0.25, 0.3) is 0 Å². The summed E-state index contributed by atoms with van der Waals surface area (Å²) < 4.78 is 11.0. The number of nitrogens with one attached hydrogen (secondary N) is 2. The number of piperazine rings is 1. The lowest BCUT2D eigenvalue weighted by atomic mass is 10.2. The van der Waals surface area contributed by atoms with Gasteiger partial charge in [0.2, 0.25) is 0 Å². The largest absolute Gasteiger partial charge is 0.379 e. The number of aliphatic imine (C=N–C) groups is 1. The molecule has 0 spiro atoms. The molecule has 7 heteroatoms. The SMILES string of the molecule is CCCCOCCOCCNC(=NC)NCC1CN(C)CCN1C. The van der Waals surface area contributed by atoms with E-state index >= 15 is 0 Å². The van der Waals surface area contributed by atoms with Crippen molar-refractivity contribution >= 4 is 5.96 Å². The quantitative estimate of drug-likeness (QED) is 0.318. The van der Waals surface area contributed by atoms with Crippen LogP contribution in [0.2, 0.25) is 0 Å². The van der Waals surface area contributed by atoms with E-state index in [-0.39, 0.29) is 0 Å². The van der Waals surface area contributed by atoms with Gasteiger partial charge in [-0.1, -0.05) is 13.3 Å². The highest BCUT2D eigenvalue weighted by Gasteiger charge is 2.21. The van der Waals surface area contributed by atoms with E-state index < -0.39 is 0 Å². The summed E-state index contributed by atoms with van der Waals surface area (Å²) in [7, 11) is 6.16. The molecule has 0 saturated carbocycles. The van der Waals surface area contributed by atoms with Gasteiger partial charge in [0.15, 0.2) is 5.96 Å². The number of nitrogens with zero attached hydrogens (tertiary/aromatic N) is 3. The number of hydrogen-bond donors (Lipinski definition) is 2. The number of likely N-dealkylation sites (N-methyl/N-ethyl adjacent to an activating group) is 2. The fraction of sp³-hybridized carbons (Fsp3) is 0.941. The van der Waals surface area contributed by atoms with Crippen molar-refractivity contribution in [2.24, 2.45) is 4.99 Å². The minimum atomic E-state index is 0.513. The average Bonchev–Trinajstić information content (AvgIpc) is 2.58. The average molecular weight is 344 g/mol. The van der Waals surface area contributed by atoms with Gasteiger partial charge >= 0.3 is 0 Å². The first-order chi connectivity index (χ1) is 11.7. The highest BCUT2D eigenvalue weighted by atomic mass is 16.5. The summed E-state index contributed by atoms with van der Waals surface area (Å²) in [6.45, 7) is 9.96. The van der Waals surface area contributed by atoms with E-state index in [0.29, 0.717) is 25.9 Å². The van der Waals surface area contributed by atoms with Crippen molar-refractivity contribution in [1.29, 1.82) is 0 Å². The van der Waals surface area contributed by atoms with Crippen LogP contribution in [0.15, 0.2) is 4.99 Å². The summed E-state index contributed by atoms with van der Waals surface area (Å²) in [5.74, 6) is 0.833. The second-order valence-electron chi connectivity index (χ2n) is 6.35. The van der Waals surface area contributed by atoms with Gasteiger partial charge in [-0.05, 0) is 20.5 Å². The summed E-state index contributed by atoms with van der Waals surface area (Å²) >= 11 is 0. The van der Waals surface area contributed by atoms with E-state index in [0.717, 1.165) is 51.7 Å². The van der Waals surface area contributed by atoms with Crippen LogP contribution in [0.1, 0.15) is 19.8 Å². The molecule has 0 aromatic carbocycles. The zero-order valence-electron chi connectivity index (χ0n) is 16.0. The van der Waals surface area contributed by atoms with Gasteiger partial charge in [0.05, 0.1) is 19.8 Å². The van der Waals surface area contributed by atoms with Crippen molar-refractivity contribution < 1.29 is 9.47 Å². The van der Waals surface area contributed by atoms with E-state index in [9.17, 15) is 0 Å². The lowest BCUT2D eigenvalue weighted by molar-refractivity contribution is 0.0487. The lowest BCUT2D eigenvalue weighted by Crippen LogP contribution is -2.55. The third kappa shape index (κ3) is 9.42. The number of unbranched alkanes of at least 4 members (excludes halogenated alkanes) is 1. The minimum Gasteiger partial charge on any atom is -0.379 e. The highest BCUT2D eigenvalue weighted by Crippen LogP contribution is 2.04.